The Hall–Kier alpha value is -3.06. The predicted molar refractivity (Wildman–Crippen MR) is 205 cm³/mol. The van der Waals surface area contributed by atoms with Gasteiger partial charge in [-0.2, -0.15) is 13.9 Å². The summed E-state index contributed by atoms with van der Waals surface area (Å²) in [6, 6.07) is 4.32. The van der Waals surface area contributed by atoms with E-state index in [4.69, 9.17) is 19.0 Å². The molecule has 294 valence electrons. The second kappa shape index (κ2) is 15.7. The summed E-state index contributed by atoms with van der Waals surface area (Å²) in [6.45, 7) is 29.5. The van der Waals surface area contributed by atoms with Gasteiger partial charge in [-0.25, -0.2) is 19.2 Å². The summed E-state index contributed by atoms with van der Waals surface area (Å²) >= 11 is 0. The van der Waals surface area contributed by atoms with Gasteiger partial charge >= 0.3 is 12.2 Å². The number of rotatable bonds is 11. The molecule has 0 saturated heterocycles. The van der Waals surface area contributed by atoms with Crippen molar-refractivity contribution in [2.75, 3.05) is 4.90 Å². The first-order valence-electron chi connectivity index (χ1n) is 18.6. The molecule has 52 heavy (non-hydrogen) atoms. The Balaban J connectivity index is 1.94. The summed E-state index contributed by atoms with van der Waals surface area (Å²) in [7, 11) is -1.97. The molecule has 2 aromatic heterocycles. The van der Waals surface area contributed by atoms with Crippen molar-refractivity contribution < 1.29 is 32.3 Å². The van der Waals surface area contributed by atoms with Crippen LogP contribution in [0.4, 0.5) is 29.9 Å². The number of carbonyl (C=O) groups excluding carboxylic acids is 2. The molecule has 3 rings (SSSR count). The van der Waals surface area contributed by atoms with E-state index >= 15 is 8.78 Å². The van der Waals surface area contributed by atoms with Crippen LogP contribution in [-0.4, -0.2) is 58.6 Å². The van der Waals surface area contributed by atoms with Gasteiger partial charge in [0.15, 0.2) is 8.32 Å². The fraction of sp³-hybridized carbons (Fsp3) is 0.744. The second-order valence-corrected chi connectivity index (χ2v) is 23.6. The predicted octanol–water partition coefficient (Wildman–Crippen LogP) is 10.9. The van der Waals surface area contributed by atoms with Crippen LogP contribution in [0.5, 0.6) is 0 Å². The lowest BCUT2D eigenvalue weighted by Gasteiger charge is -2.38. The number of ether oxygens (including phenoxy) is 2. The van der Waals surface area contributed by atoms with E-state index in [1.165, 1.54) is 23.2 Å². The zero-order valence-electron chi connectivity index (χ0n) is 34.4. The molecule has 1 fully saturated rings. The van der Waals surface area contributed by atoms with Gasteiger partial charge in [0, 0.05) is 36.7 Å². The molecule has 1 N–H and O–H groups in total. The topological polar surface area (TPSA) is 108 Å². The molecule has 13 heteroatoms. The second-order valence-electron chi connectivity index (χ2n) is 18.9. The molecular weight excluding hydrogens is 685 g/mol. The summed E-state index contributed by atoms with van der Waals surface area (Å²) in [5.74, 6) is -2.77. The Kier molecular flexibility index (Phi) is 13.1. The van der Waals surface area contributed by atoms with Crippen molar-refractivity contribution in [3.05, 3.63) is 35.8 Å². The average Bonchev–Trinajstić information content (AvgIpc) is 3.58. The van der Waals surface area contributed by atoms with E-state index in [1.54, 1.807) is 53.1 Å². The van der Waals surface area contributed by atoms with E-state index in [0.29, 0.717) is 12.2 Å². The van der Waals surface area contributed by atoms with Crippen molar-refractivity contribution in [3.8, 4) is 0 Å². The third-order valence-electron chi connectivity index (χ3n) is 9.49. The van der Waals surface area contributed by atoms with Gasteiger partial charge < -0.3 is 19.2 Å². The maximum Gasteiger partial charge on any atom is 0.420 e. The van der Waals surface area contributed by atoms with Crippen LogP contribution < -0.4 is 10.2 Å². The Morgan fingerprint density at radius 2 is 1.60 bits per heavy atom. The Labute approximate surface area is 311 Å². The highest BCUT2D eigenvalue weighted by Gasteiger charge is 2.42. The monoisotopic (exact) mass is 749 g/mol. The first kappa shape index (κ1) is 43.3. The summed E-state index contributed by atoms with van der Waals surface area (Å²) in [5, 5.41) is 7.85. The average molecular weight is 750 g/mol. The van der Waals surface area contributed by atoms with E-state index in [-0.39, 0.29) is 35.2 Å². The largest absolute Gasteiger partial charge is 0.444 e. The van der Waals surface area contributed by atoms with Crippen LogP contribution in [0.1, 0.15) is 146 Å². The van der Waals surface area contributed by atoms with Crippen LogP contribution in [0.3, 0.4) is 0 Å². The van der Waals surface area contributed by atoms with E-state index < -0.39 is 55.3 Å². The van der Waals surface area contributed by atoms with Gasteiger partial charge in [-0.3, -0.25) is 4.98 Å². The molecule has 0 radical (unpaired) electrons. The number of carbonyl (C=O) groups is 2. The quantitative estimate of drug-likeness (QED) is 0.228. The van der Waals surface area contributed by atoms with Crippen molar-refractivity contribution in [1.82, 2.24) is 20.1 Å². The highest BCUT2D eigenvalue weighted by atomic mass is 28.4. The molecular formula is C39H65F2N5O5Si. The van der Waals surface area contributed by atoms with Crippen LogP contribution in [0.2, 0.25) is 18.1 Å². The maximum atomic E-state index is 15.8. The molecule has 2 amide bonds. The van der Waals surface area contributed by atoms with Crippen LogP contribution in [0.25, 0.3) is 0 Å². The van der Waals surface area contributed by atoms with Gasteiger partial charge in [-0.05, 0) is 132 Å². The maximum absolute atomic E-state index is 15.8. The highest BCUT2D eigenvalue weighted by molar-refractivity contribution is 6.74. The van der Waals surface area contributed by atoms with Gasteiger partial charge in [0.2, 0.25) is 0 Å². The Morgan fingerprint density at radius 1 is 0.981 bits per heavy atom. The van der Waals surface area contributed by atoms with Gasteiger partial charge in [0.25, 0.3) is 5.92 Å². The lowest BCUT2D eigenvalue weighted by Crippen LogP contribution is -2.43. The van der Waals surface area contributed by atoms with Gasteiger partial charge in [0.05, 0.1) is 16.9 Å². The van der Waals surface area contributed by atoms with E-state index in [0.717, 1.165) is 25.0 Å². The summed E-state index contributed by atoms with van der Waals surface area (Å²) in [4.78, 5) is 31.6. The van der Waals surface area contributed by atoms with Crippen molar-refractivity contribution >= 4 is 32.0 Å². The van der Waals surface area contributed by atoms with Crippen molar-refractivity contribution in [1.29, 1.82) is 0 Å². The van der Waals surface area contributed by atoms with Crippen molar-refractivity contribution in [2.24, 2.45) is 0 Å². The van der Waals surface area contributed by atoms with Crippen molar-refractivity contribution in [2.45, 2.75) is 187 Å². The number of pyridine rings is 1. The fourth-order valence-electron chi connectivity index (χ4n) is 5.89. The van der Waals surface area contributed by atoms with Gasteiger partial charge in [0.1, 0.15) is 22.7 Å². The molecule has 0 unspecified atom stereocenters. The molecule has 1 aliphatic rings. The first-order chi connectivity index (χ1) is 23.5. The minimum absolute atomic E-state index is 0.0948. The lowest BCUT2D eigenvalue weighted by molar-refractivity contribution is -0.0205. The smallest absolute Gasteiger partial charge is 0.420 e. The molecule has 0 aliphatic heterocycles. The Morgan fingerprint density at radius 3 is 2.15 bits per heavy atom. The number of hydrogen-bond acceptors (Lipinski definition) is 7. The number of nitrogens with one attached hydrogen (secondary N) is 1. The SMILES string of the molecule is C[C@@H](CCCC(F)(F)c1cc(N(C(=O)OC(C)(C)C)c2cc([C@H]3CC[C@@H](O[Si](C)(C)C(C)(C)C)C3)nn2C(C)(C)C)ccn1)NC(=O)OC(C)(C)C. The molecule has 3 atom stereocenters. The number of alkyl halides is 2. The third-order valence-corrected chi connectivity index (χ3v) is 14.0. The molecule has 2 heterocycles. The van der Waals surface area contributed by atoms with Crippen LogP contribution in [0.15, 0.2) is 24.4 Å². The molecule has 0 aromatic carbocycles. The summed E-state index contributed by atoms with van der Waals surface area (Å²) < 4.78 is 51.3. The molecule has 1 saturated carbocycles. The Bertz CT molecular complexity index is 1530. The molecule has 1 aliphatic carbocycles. The molecule has 0 bridgehead atoms. The van der Waals surface area contributed by atoms with Crippen LogP contribution in [0, 0.1) is 0 Å². The van der Waals surface area contributed by atoms with E-state index in [1.807, 2.05) is 26.8 Å². The zero-order chi connectivity index (χ0) is 39.7. The number of nitrogens with zero attached hydrogens (tertiary/aromatic N) is 4. The van der Waals surface area contributed by atoms with E-state index in [9.17, 15) is 9.59 Å². The summed E-state index contributed by atoms with van der Waals surface area (Å²) in [6.07, 6.45) is 2.68. The number of amides is 2. The van der Waals surface area contributed by atoms with E-state index in [2.05, 4.69) is 44.2 Å². The van der Waals surface area contributed by atoms with Crippen LogP contribution >= 0.6 is 0 Å². The zero-order valence-corrected chi connectivity index (χ0v) is 35.4. The number of hydrogen-bond donors (Lipinski definition) is 1. The molecule has 10 nitrogen and oxygen atoms in total. The first-order valence-corrected chi connectivity index (χ1v) is 21.6. The number of halogens is 2. The normalized spacial score (nSPS) is 18.2. The number of aromatic nitrogens is 3. The van der Waals surface area contributed by atoms with Gasteiger partial charge in [-0.15, -0.1) is 0 Å². The minimum atomic E-state index is -3.31. The number of anilines is 2. The standard InChI is InChI=1S/C39H65F2N5O5Si/c1-26(43-33(47)49-36(5,6)7)17-16-21-39(40,41)31-24-28(20-22-42-31)45(34(48)50-37(8,9)10)32-25-30(44-46(32)35(2,3)4)27-18-19-29(23-27)51-52(14,15)38(11,12)13/h20,22,24-27,29H,16-19,21,23H2,1-15H3,(H,43,47)/t26-,27-,29+/m0/s1. The van der Waals surface area contributed by atoms with Crippen LogP contribution in [-0.2, 0) is 25.4 Å². The third kappa shape index (κ3) is 12.0. The fourth-order valence-corrected chi connectivity index (χ4v) is 7.29. The summed E-state index contributed by atoms with van der Waals surface area (Å²) in [5.41, 5.74) is -1.52. The van der Waals surface area contributed by atoms with Gasteiger partial charge in [-0.1, -0.05) is 20.8 Å². The minimum Gasteiger partial charge on any atom is -0.444 e. The molecule has 0 spiro atoms. The highest BCUT2D eigenvalue weighted by Crippen LogP contribution is 2.44. The molecule has 2 aromatic rings. The lowest BCUT2D eigenvalue weighted by atomic mass is 10.0. The number of alkyl carbamates (subject to hydrolysis) is 1. The van der Waals surface area contributed by atoms with Crippen molar-refractivity contribution in [3.63, 3.8) is 0 Å².